The molecule has 1 aromatic rings. The van der Waals surface area contributed by atoms with E-state index in [-0.39, 0.29) is 34.3 Å². The van der Waals surface area contributed by atoms with Crippen LogP contribution in [0.15, 0.2) is 36.4 Å². The number of carbonyl (C=O) groups is 2. The molecule has 1 N–H and O–H groups in total. The highest BCUT2D eigenvalue weighted by atomic mass is 16.2. The zero-order chi connectivity index (χ0) is 26.9. The average molecular weight is 517 g/mol. The monoisotopic (exact) mass is 516 g/mol. The van der Waals surface area contributed by atoms with Gasteiger partial charge in [0.25, 0.3) is 5.91 Å². The molecule has 1 aromatic carbocycles. The van der Waals surface area contributed by atoms with Crippen LogP contribution in [0.25, 0.3) is 0 Å². The summed E-state index contributed by atoms with van der Waals surface area (Å²) in [6, 6.07) is 8.62. The van der Waals surface area contributed by atoms with Gasteiger partial charge in [0, 0.05) is 11.5 Å². The lowest BCUT2D eigenvalue weighted by Crippen LogP contribution is -2.64. The summed E-state index contributed by atoms with van der Waals surface area (Å²) >= 11 is 0. The van der Waals surface area contributed by atoms with E-state index in [2.05, 4.69) is 70.3 Å². The van der Waals surface area contributed by atoms with Crippen LogP contribution in [-0.4, -0.2) is 22.9 Å². The van der Waals surface area contributed by atoms with Crippen molar-refractivity contribution in [3.8, 4) is 0 Å². The third kappa shape index (κ3) is 3.99. The van der Waals surface area contributed by atoms with E-state index in [4.69, 9.17) is 0 Å². The maximum absolute atomic E-state index is 14.1. The van der Waals surface area contributed by atoms with Gasteiger partial charge in [0.2, 0.25) is 0 Å². The summed E-state index contributed by atoms with van der Waals surface area (Å²) in [4.78, 5) is 29.1. The summed E-state index contributed by atoms with van der Waals surface area (Å²) in [5, 5.41) is 3.46. The molecule has 0 aromatic heterocycles. The van der Waals surface area contributed by atoms with E-state index in [0.717, 1.165) is 50.4 Å². The lowest BCUT2D eigenvalue weighted by Gasteiger charge is -2.59. The minimum atomic E-state index is -0.390. The fraction of sp³-hybridized carbons (Fsp3) is 0.706. The number of urea groups is 1. The highest BCUT2D eigenvalue weighted by molar-refractivity contribution is 6.02. The highest BCUT2D eigenvalue weighted by Crippen LogP contribution is 2.64. The van der Waals surface area contributed by atoms with Crippen LogP contribution in [-0.2, 0) is 15.7 Å². The summed E-state index contributed by atoms with van der Waals surface area (Å²) in [6.07, 6.45) is 16.7. The largest absolute Gasteiger partial charge is 0.328 e. The smallest absolute Gasteiger partial charge is 0.325 e. The number of imide groups is 1. The second-order valence-electron chi connectivity index (χ2n) is 15.0. The second-order valence-corrected chi connectivity index (χ2v) is 15.0. The molecule has 0 bridgehead atoms. The van der Waals surface area contributed by atoms with Crippen LogP contribution >= 0.6 is 0 Å². The van der Waals surface area contributed by atoms with Gasteiger partial charge in [0.1, 0.15) is 0 Å². The topological polar surface area (TPSA) is 49.4 Å². The van der Waals surface area contributed by atoms with E-state index >= 15 is 0 Å². The van der Waals surface area contributed by atoms with Crippen molar-refractivity contribution in [2.24, 2.45) is 28.6 Å². The van der Waals surface area contributed by atoms with Crippen LogP contribution in [0.3, 0.4) is 0 Å². The molecule has 0 saturated heterocycles. The second kappa shape index (κ2) is 8.96. The third-order valence-electron chi connectivity index (χ3n) is 12.0. The maximum Gasteiger partial charge on any atom is 0.325 e. The number of nitrogens with one attached hydrogen (secondary N) is 1. The van der Waals surface area contributed by atoms with Gasteiger partial charge in [-0.1, -0.05) is 84.2 Å². The third-order valence-corrected chi connectivity index (χ3v) is 12.0. The number of hydrogen-bond acceptors (Lipinski definition) is 2. The zero-order valence-electron chi connectivity index (χ0n) is 24.3. The van der Waals surface area contributed by atoms with Crippen LogP contribution in [0.2, 0.25) is 0 Å². The van der Waals surface area contributed by atoms with Gasteiger partial charge in [-0.05, 0) is 91.1 Å². The van der Waals surface area contributed by atoms with Crippen LogP contribution in [0.1, 0.15) is 116 Å². The Morgan fingerprint density at radius 1 is 0.895 bits per heavy atom. The molecule has 206 valence electrons. The maximum atomic E-state index is 14.1. The standard InChI is InChI=1S/C34H48N2O2/c1-31(2,3)23-10-12-24(13-11-23)34(19-6-7-20-34)35-30(38)36-28-15-14-25-26-9-8-18-32(26,4)21-16-27(25)33(28,5)22-17-29(36)37/h10-13,17,22,25-28H,6-9,14-16,18-21H2,1-5H3,(H,35,38)/t25-,26-,27-,28+,32-,33+/m0/s1. The lowest BCUT2D eigenvalue weighted by molar-refractivity contribution is -0.135. The van der Waals surface area contributed by atoms with Crippen molar-refractivity contribution >= 4 is 11.9 Å². The van der Waals surface area contributed by atoms with E-state index in [9.17, 15) is 9.59 Å². The normalized spacial score (nSPS) is 37.9. The Morgan fingerprint density at radius 3 is 2.29 bits per heavy atom. The first-order valence-corrected chi connectivity index (χ1v) is 15.4. The molecular formula is C34H48N2O2. The van der Waals surface area contributed by atoms with Gasteiger partial charge >= 0.3 is 6.03 Å². The molecule has 3 amide bonds. The minimum Gasteiger partial charge on any atom is -0.328 e. The van der Waals surface area contributed by atoms with Crippen molar-refractivity contribution in [2.75, 3.05) is 0 Å². The quantitative estimate of drug-likeness (QED) is 0.435. The fourth-order valence-corrected chi connectivity index (χ4v) is 9.75. The first kappa shape index (κ1) is 26.1. The fourth-order valence-electron chi connectivity index (χ4n) is 9.75. The Bertz CT molecular complexity index is 1120. The molecule has 6 atom stereocenters. The average Bonchev–Trinajstić information content (AvgIpc) is 3.51. The van der Waals surface area contributed by atoms with E-state index in [1.54, 1.807) is 11.0 Å². The minimum absolute atomic E-state index is 0.0475. The van der Waals surface area contributed by atoms with Crippen LogP contribution in [0.5, 0.6) is 0 Å². The van der Waals surface area contributed by atoms with Gasteiger partial charge in [-0.25, -0.2) is 4.79 Å². The molecule has 4 heteroatoms. The van der Waals surface area contributed by atoms with Crippen molar-refractivity contribution in [3.63, 3.8) is 0 Å². The van der Waals surface area contributed by atoms with E-state index in [0.29, 0.717) is 11.3 Å². The molecular weight excluding hydrogens is 468 g/mol. The van der Waals surface area contributed by atoms with Gasteiger partial charge in [-0.3, -0.25) is 9.69 Å². The molecule has 1 heterocycles. The van der Waals surface area contributed by atoms with Gasteiger partial charge in [-0.2, -0.15) is 0 Å². The van der Waals surface area contributed by atoms with Gasteiger partial charge in [0.05, 0.1) is 11.6 Å². The van der Waals surface area contributed by atoms with Crippen molar-refractivity contribution < 1.29 is 9.59 Å². The van der Waals surface area contributed by atoms with Gasteiger partial charge in [-0.15, -0.1) is 0 Å². The van der Waals surface area contributed by atoms with Gasteiger partial charge < -0.3 is 5.32 Å². The Morgan fingerprint density at radius 2 is 1.61 bits per heavy atom. The molecule has 4 fully saturated rings. The Labute approximate surface area is 230 Å². The summed E-state index contributed by atoms with van der Waals surface area (Å²) in [6.45, 7) is 11.6. The number of hydrogen-bond donors (Lipinski definition) is 1. The lowest BCUT2D eigenvalue weighted by atomic mass is 9.48. The van der Waals surface area contributed by atoms with Crippen molar-refractivity contribution in [1.29, 1.82) is 0 Å². The zero-order valence-corrected chi connectivity index (χ0v) is 24.3. The van der Waals surface area contributed by atoms with Crippen LogP contribution in [0.4, 0.5) is 4.79 Å². The molecule has 0 spiro atoms. The van der Waals surface area contributed by atoms with Crippen molar-refractivity contribution in [1.82, 2.24) is 10.2 Å². The summed E-state index contributed by atoms with van der Waals surface area (Å²) in [5.74, 6) is 1.96. The summed E-state index contributed by atoms with van der Waals surface area (Å²) < 4.78 is 0. The molecule has 5 aliphatic rings. The molecule has 0 radical (unpaired) electrons. The van der Waals surface area contributed by atoms with Crippen LogP contribution in [0, 0.1) is 28.6 Å². The number of rotatable bonds is 2. The highest BCUT2D eigenvalue weighted by Gasteiger charge is 2.59. The Hall–Kier alpha value is -2.10. The Kier molecular flexibility index (Phi) is 6.16. The molecule has 6 rings (SSSR count). The van der Waals surface area contributed by atoms with Crippen LogP contribution < -0.4 is 5.32 Å². The summed E-state index contributed by atoms with van der Waals surface area (Å²) in [7, 11) is 0. The molecule has 4 saturated carbocycles. The molecule has 38 heavy (non-hydrogen) atoms. The number of fused-ring (bicyclic) bond motifs is 5. The summed E-state index contributed by atoms with van der Waals surface area (Å²) in [5.41, 5.74) is 2.56. The Balaban J connectivity index is 1.27. The number of carbonyl (C=O) groups excluding carboxylic acids is 2. The van der Waals surface area contributed by atoms with Crippen molar-refractivity contribution in [2.45, 2.75) is 122 Å². The van der Waals surface area contributed by atoms with E-state index < -0.39 is 0 Å². The number of amides is 3. The number of nitrogens with zero attached hydrogens (tertiary/aromatic N) is 1. The van der Waals surface area contributed by atoms with E-state index in [1.807, 2.05) is 0 Å². The number of benzene rings is 1. The first-order valence-electron chi connectivity index (χ1n) is 15.4. The molecule has 4 nitrogen and oxygen atoms in total. The predicted octanol–water partition coefficient (Wildman–Crippen LogP) is 7.86. The molecule has 0 unspecified atom stereocenters. The first-order chi connectivity index (χ1) is 18.0. The van der Waals surface area contributed by atoms with Gasteiger partial charge in [0.15, 0.2) is 0 Å². The predicted molar refractivity (Wildman–Crippen MR) is 153 cm³/mol. The molecule has 4 aliphatic carbocycles. The SMILES string of the molecule is CC(C)(C)c1ccc(C2(NC(=O)N3C(=O)C=C[C@]4(C)[C@H]5CC[C@]6(C)CCC[C@H]6[C@@H]5CC[C@@H]34)CCCC2)cc1. The van der Waals surface area contributed by atoms with Crippen molar-refractivity contribution in [3.05, 3.63) is 47.5 Å². The van der Waals surface area contributed by atoms with E-state index in [1.165, 1.54) is 43.2 Å². The molecule has 1 aliphatic heterocycles.